The zero-order chi connectivity index (χ0) is 14.0. The highest BCUT2D eigenvalue weighted by Crippen LogP contribution is 2.36. The Morgan fingerprint density at radius 1 is 0.947 bits per heavy atom. The van der Waals surface area contributed by atoms with Crippen LogP contribution in [0.25, 0.3) is 11.1 Å². The van der Waals surface area contributed by atoms with Crippen LogP contribution < -0.4 is 0 Å². The highest BCUT2D eigenvalue weighted by Gasteiger charge is 2.19. The lowest BCUT2D eigenvalue weighted by atomic mass is 9.81. The highest BCUT2D eigenvalue weighted by atomic mass is 127. The van der Waals surface area contributed by atoms with E-state index >= 15 is 0 Å². The molecule has 0 fully saturated rings. The molecule has 0 nitrogen and oxygen atoms in total. The lowest BCUT2D eigenvalue weighted by Crippen LogP contribution is -2.13. The first-order valence-electron chi connectivity index (χ1n) is 6.73. The maximum Gasteiger partial charge on any atom is 0.0331 e. The van der Waals surface area contributed by atoms with Gasteiger partial charge in [0.2, 0.25) is 0 Å². The van der Waals surface area contributed by atoms with Crippen molar-refractivity contribution < 1.29 is 0 Å². The molecule has 0 aromatic heterocycles. The molecule has 0 heterocycles. The molecule has 0 aliphatic carbocycles. The monoisotopic (exact) mass is 364 g/mol. The summed E-state index contributed by atoms with van der Waals surface area (Å²) in [6.07, 6.45) is 0. The summed E-state index contributed by atoms with van der Waals surface area (Å²) < 4.78 is 0.536. The van der Waals surface area contributed by atoms with Crippen LogP contribution in [0.3, 0.4) is 0 Å². The molecule has 0 saturated heterocycles. The maximum atomic E-state index is 2.48. The lowest BCUT2D eigenvalue weighted by molar-refractivity contribution is 0.592. The number of benzene rings is 2. The molecule has 0 N–H and O–H groups in total. The summed E-state index contributed by atoms with van der Waals surface area (Å²) in [5.74, 6) is 0. The predicted octanol–water partition coefficient (Wildman–Crippen LogP) is 6.15. The molecular formula is C18H21I. The van der Waals surface area contributed by atoms with E-state index in [-0.39, 0.29) is 5.41 Å². The number of alkyl halides is 1. The summed E-state index contributed by atoms with van der Waals surface area (Å²) in [4.78, 5) is 0. The minimum Gasteiger partial charge on any atom is -0.0777 e. The highest BCUT2D eigenvalue weighted by molar-refractivity contribution is 14.1. The summed E-state index contributed by atoms with van der Waals surface area (Å²) >= 11 is 2.48. The van der Waals surface area contributed by atoms with Crippen molar-refractivity contribution in [3.8, 4) is 11.1 Å². The Hall–Kier alpha value is -0.830. The normalized spacial score (nSPS) is 13.3. The summed E-state index contributed by atoms with van der Waals surface area (Å²) in [5.41, 5.74) is 5.66. The van der Waals surface area contributed by atoms with Gasteiger partial charge in [0.05, 0.1) is 0 Å². The van der Waals surface area contributed by atoms with Crippen molar-refractivity contribution in [2.75, 3.05) is 0 Å². The number of halogens is 1. The van der Waals surface area contributed by atoms with Crippen LogP contribution in [0.2, 0.25) is 0 Å². The fourth-order valence-corrected chi connectivity index (χ4v) is 2.71. The quantitative estimate of drug-likeness (QED) is 0.443. The summed E-state index contributed by atoms with van der Waals surface area (Å²) in [5, 5.41) is 0. The fourth-order valence-electron chi connectivity index (χ4n) is 2.32. The van der Waals surface area contributed by atoms with Crippen molar-refractivity contribution in [1.29, 1.82) is 0 Å². The second-order valence-corrected chi connectivity index (χ2v) is 7.91. The van der Waals surface area contributed by atoms with Crippen molar-refractivity contribution in [3.05, 3.63) is 59.7 Å². The molecule has 2 aromatic rings. The van der Waals surface area contributed by atoms with Gasteiger partial charge in [-0.1, -0.05) is 85.8 Å². The van der Waals surface area contributed by atoms with Crippen LogP contribution in [-0.4, -0.2) is 0 Å². The van der Waals surface area contributed by atoms with Gasteiger partial charge in [0.15, 0.2) is 0 Å². The van der Waals surface area contributed by atoms with E-state index in [1.807, 2.05) is 0 Å². The molecule has 0 bridgehead atoms. The topological polar surface area (TPSA) is 0 Å². The Morgan fingerprint density at radius 3 is 2.11 bits per heavy atom. The SMILES string of the molecule is CC(I)c1ccc(C(C)(C)C)c(-c2ccccc2)c1. The van der Waals surface area contributed by atoms with E-state index in [4.69, 9.17) is 0 Å². The molecule has 0 aliphatic heterocycles. The van der Waals surface area contributed by atoms with Crippen LogP contribution in [0.5, 0.6) is 0 Å². The van der Waals surface area contributed by atoms with Gasteiger partial charge in [-0.05, 0) is 40.7 Å². The molecule has 100 valence electrons. The van der Waals surface area contributed by atoms with Crippen molar-refractivity contribution >= 4 is 22.6 Å². The molecule has 2 aromatic carbocycles. The molecule has 19 heavy (non-hydrogen) atoms. The summed E-state index contributed by atoms with van der Waals surface area (Å²) in [7, 11) is 0. The summed E-state index contributed by atoms with van der Waals surface area (Å²) in [6, 6.07) is 17.6. The van der Waals surface area contributed by atoms with Crippen molar-refractivity contribution in [2.45, 2.75) is 37.0 Å². The van der Waals surface area contributed by atoms with Gasteiger partial charge in [-0.3, -0.25) is 0 Å². The van der Waals surface area contributed by atoms with Gasteiger partial charge in [-0.15, -0.1) is 0 Å². The Labute approximate surface area is 130 Å². The van der Waals surface area contributed by atoms with E-state index in [1.54, 1.807) is 0 Å². The van der Waals surface area contributed by atoms with E-state index in [2.05, 4.69) is 98.8 Å². The molecule has 0 amide bonds. The van der Waals surface area contributed by atoms with E-state index < -0.39 is 0 Å². The molecule has 1 heteroatoms. The Kier molecular flexibility index (Phi) is 4.34. The van der Waals surface area contributed by atoms with Crippen LogP contribution in [-0.2, 0) is 5.41 Å². The molecule has 0 aliphatic rings. The van der Waals surface area contributed by atoms with Crippen molar-refractivity contribution in [3.63, 3.8) is 0 Å². The third kappa shape index (κ3) is 3.38. The van der Waals surface area contributed by atoms with Gasteiger partial charge in [0.1, 0.15) is 0 Å². The molecule has 1 atom stereocenters. The zero-order valence-electron chi connectivity index (χ0n) is 12.1. The number of hydrogen-bond donors (Lipinski definition) is 0. The van der Waals surface area contributed by atoms with Gasteiger partial charge in [-0.25, -0.2) is 0 Å². The zero-order valence-corrected chi connectivity index (χ0v) is 14.2. The van der Waals surface area contributed by atoms with Crippen LogP contribution in [0.1, 0.15) is 42.7 Å². The summed E-state index contributed by atoms with van der Waals surface area (Å²) in [6.45, 7) is 9.08. The molecule has 1 unspecified atom stereocenters. The van der Waals surface area contributed by atoms with Crippen LogP contribution >= 0.6 is 22.6 Å². The van der Waals surface area contributed by atoms with Gasteiger partial charge in [0, 0.05) is 3.92 Å². The first kappa shape index (κ1) is 14.6. The van der Waals surface area contributed by atoms with Crippen LogP contribution in [0, 0.1) is 0 Å². The molecular weight excluding hydrogens is 343 g/mol. The molecule has 0 spiro atoms. The fraction of sp³-hybridized carbons (Fsp3) is 0.333. The van der Waals surface area contributed by atoms with Crippen molar-refractivity contribution in [2.24, 2.45) is 0 Å². The Balaban J connectivity index is 2.64. The largest absolute Gasteiger partial charge is 0.0777 e. The van der Waals surface area contributed by atoms with Gasteiger partial charge < -0.3 is 0 Å². The van der Waals surface area contributed by atoms with E-state index in [1.165, 1.54) is 22.3 Å². The second kappa shape index (κ2) is 5.66. The number of rotatable bonds is 2. The third-order valence-corrected chi connectivity index (χ3v) is 4.11. The maximum absolute atomic E-state index is 2.48. The van der Waals surface area contributed by atoms with E-state index in [9.17, 15) is 0 Å². The Morgan fingerprint density at radius 2 is 1.58 bits per heavy atom. The third-order valence-electron chi connectivity index (χ3n) is 3.40. The molecule has 2 rings (SSSR count). The number of hydrogen-bond acceptors (Lipinski definition) is 0. The molecule has 0 saturated carbocycles. The van der Waals surface area contributed by atoms with Gasteiger partial charge >= 0.3 is 0 Å². The minimum atomic E-state index is 0.165. The van der Waals surface area contributed by atoms with Gasteiger partial charge in [0.25, 0.3) is 0 Å². The first-order chi connectivity index (χ1) is 8.89. The standard InChI is InChI=1S/C18H21I/c1-13(19)15-10-11-17(18(2,3)4)16(12-15)14-8-6-5-7-9-14/h5-13H,1-4H3. The molecule has 0 radical (unpaired) electrons. The van der Waals surface area contributed by atoms with E-state index in [0.717, 1.165) is 0 Å². The minimum absolute atomic E-state index is 0.165. The average molecular weight is 364 g/mol. The van der Waals surface area contributed by atoms with Crippen molar-refractivity contribution in [1.82, 2.24) is 0 Å². The average Bonchev–Trinajstić information content (AvgIpc) is 2.38. The van der Waals surface area contributed by atoms with Crippen LogP contribution in [0.15, 0.2) is 48.5 Å². The lowest BCUT2D eigenvalue weighted by Gasteiger charge is -2.24. The predicted molar refractivity (Wildman–Crippen MR) is 93.0 cm³/mol. The van der Waals surface area contributed by atoms with Crippen LogP contribution in [0.4, 0.5) is 0 Å². The Bertz CT molecular complexity index is 548. The first-order valence-corrected chi connectivity index (χ1v) is 7.98. The van der Waals surface area contributed by atoms with Gasteiger partial charge in [-0.2, -0.15) is 0 Å². The smallest absolute Gasteiger partial charge is 0.0331 e. The second-order valence-electron chi connectivity index (χ2n) is 6.04. The van der Waals surface area contributed by atoms with E-state index in [0.29, 0.717) is 3.92 Å².